The van der Waals surface area contributed by atoms with Crippen LogP contribution in [0, 0.1) is 5.92 Å². The molecule has 0 aliphatic carbocycles. The third-order valence-corrected chi connectivity index (χ3v) is 4.03. The van der Waals surface area contributed by atoms with Gasteiger partial charge in [0.15, 0.2) is 0 Å². The number of nitrogens with two attached hydrogens (primary N) is 1. The maximum Gasteiger partial charge on any atom is 0.230 e. The van der Waals surface area contributed by atoms with Crippen LogP contribution in [0.3, 0.4) is 0 Å². The SMILES string of the molecule is CC(C)C(C)NC(=O)CSc1cc(Cl)ccc1N. The van der Waals surface area contributed by atoms with Crippen LogP contribution in [-0.2, 0) is 4.79 Å². The molecule has 1 rings (SSSR count). The Morgan fingerprint density at radius 2 is 2.11 bits per heavy atom. The van der Waals surface area contributed by atoms with Gasteiger partial charge in [0.2, 0.25) is 5.91 Å². The summed E-state index contributed by atoms with van der Waals surface area (Å²) in [4.78, 5) is 12.6. The summed E-state index contributed by atoms with van der Waals surface area (Å²) in [5.74, 6) is 0.789. The predicted octanol–water partition coefficient (Wildman–Crippen LogP) is 3.18. The minimum atomic E-state index is 0.0144. The van der Waals surface area contributed by atoms with E-state index < -0.39 is 0 Å². The number of amides is 1. The summed E-state index contributed by atoms with van der Waals surface area (Å²) < 4.78 is 0. The highest BCUT2D eigenvalue weighted by molar-refractivity contribution is 8.00. The Bertz CT molecular complexity index is 423. The quantitative estimate of drug-likeness (QED) is 0.646. The maximum absolute atomic E-state index is 11.7. The molecule has 100 valence electrons. The highest BCUT2D eigenvalue weighted by Gasteiger charge is 2.11. The molecule has 0 fully saturated rings. The molecule has 0 bridgehead atoms. The van der Waals surface area contributed by atoms with Crippen LogP contribution in [0.25, 0.3) is 0 Å². The molecule has 0 heterocycles. The Balaban J connectivity index is 2.50. The molecule has 0 aliphatic heterocycles. The van der Waals surface area contributed by atoms with Crippen molar-refractivity contribution >= 4 is 35.0 Å². The molecule has 3 N–H and O–H groups in total. The zero-order valence-electron chi connectivity index (χ0n) is 10.9. The fourth-order valence-corrected chi connectivity index (χ4v) is 2.29. The van der Waals surface area contributed by atoms with Crippen LogP contribution < -0.4 is 11.1 Å². The normalized spacial score (nSPS) is 12.5. The molecule has 0 aliphatic rings. The third-order valence-electron chi connectivity index (χ3n) is 2.72. The summed E-state index contributed by atoms with van der Waals surface area (Å²) in [6, 6.07) is 5.44. The molecule has 1 atom stereocenters. The van der Waals surface area contributed by atoms with Crippen LogP contribution in [-0.4, -0.2) is 17.7 Å². The average Bonchev–Trinajstić information content (AvgIpc) is 2.30. The number of benzene rings is 1. The molecular weight excluding hydrogens is 268 g/mol. The van der Waals surface area contributed by atoms with Gasteiger partial charge in [-0.25, -0.2) is 0 Å². The first-order chi connectivity index (χ1) is 8.40. The van der Waals surface area contributed by atoms with Gasteiger partial charge in [0.25, 0.3) is 0 Å². The number of rotatable bonds is 5. The number of thioether (sulfide) groups is 1. The van der Waals surface area contributed by atoms with E-state index in [1.165, 1.54) is 11.8 Å². The number of hydrogen-bond acceptors (Lipinski definition) is 3. The van der Waals surface area contributed by atoms with Crippen LogP contribution in [0.1, 0.15) is 20.8 Å². The molecule has 0 saturated carbocycles. The molecule has 0 spiro atoms. The van der Waals surface area contributed by atoms with E-state index in [1.54, 1.807) is 18.2 Å². The summed E-state index contributed by atoms with van der Waals surface area (Å²) >= 11 is 7.29. The maximum atomic E-state index is 11.7. The second kappa shape index (κ2) is 6.90. The van der Waals surface area contributed by atoms with Crippen LogP contribution in [0.2, 0.25) is 5.02 Å². The summed E-state index contributed by atoms with van der Waals surface area (Å²) in [6.07, 6.45) is 0. The van der Waals surface area contributed by atoms with Gasteiger partial charge in [-0.05, 0) is 31.0 Å². The number of anilines is 1. The Morgan fingerprint density at radius 1 is 1.44 bits per heavy atom. The van der Waals surface area contributed by atoms with Crippen LogP contribution in [0.15, 0.2) is 23.1 Å². The van der Waals surface area contributed by atoms with Crippen molar-refractivity contribution in [1.29, 1.82) is 0 Å². The second-order valence-corrected chi connectivity index (χ2v) is 6.02. The Labute approximate surface area is 117 Å². The summed E-state index contributed by atoms with van der Waals surface area (Å²) in [6.45, 7) is 6.15. The van der Waals surface area contributed by atoms with Gasteiger partial charge in [-0.1, -0.05) is 25.4 Å². The predicted molar refractivity (Wildman–Crippen MR) is 79.0 cm³/mol. The number of hydrogen-bond donors (Lipinski definition) is 2. The van der Waals surface area contributed by atoms with Crippen molar-refractivity contribution in [2.75, 3.05) is 11.5 Å². The second-order valence-electron chi connectivity index (χ2n) is 4.57. The van der Waals surface area contributed by atoms with E-state index in [-0.39, 0.29) is 11.9 Å². The molecule has 1 amide bonds. The fraction of sp³-hybridized carbons (Fsp3) is 0.462. The van der Waals surface area contributed by atoms with Crippen molar-refractivity contribution in [3.8, 4) is 0 Å². The van der Waals surface area contributed by atoms with E-state index in [9.17, 15) is 4.79 Å². The van der Waals surface area contributed by atoms with Crippen molar-refractivity contribution in [2.45, 2.75) is 31.7 Å². The van der Waals surface area contributed by atoms with Crippen molar-refractivity contribution in [2.24, 2.45) is 5.92 Å². The zero-order valence-corrected chi connectivity index (χ0v) is 12.4. The highest BCUT2D eigenvalue weighted by atomic mass is 35.5. The molecule has 3 nitrogen and oxygen atoms in total. The van der Waals surface area contributed by atoms with E-state index in [0.29, 0.717) is 22.4 Å². The topological polar surface area (TPSA) is 55.1 Å². The monoisotopic (exact) mass is 286 g/mol. The standard InChI is InChI=1S/C13H19ClN2OS/c1-8(2)9(3)16-13(17)7-18-12-6-10(14)4-5-11(12)15/h4-6,8-9H,7,15H2,1-3H3,(H,16,17). The fourth-order valence-electron chi connectivity index (χ4n) is 1.24. The molecule has 1 aromatic rings. The first-order valence-corrected chi connectivity index (χ1v) is 7.23. The summed E-state index contributed by atoms with van der Waals surface area (Å²) in [5.41, 5.74) is 6.46. The largest absolute Gasteiger partial charge is 0.398 e. The van der Waals surface area contributed by atoms with Crippen molar-refractivity contribution in [1.82, 2.24) is 5.32 Å². The van der Waals surface area contributed by atoms with Crippen molar-refractivity contribution in [3.05, 3.63) is 23.2 Å². The minimum Gasteiger partial charge on any atom is -0.398 e. The van der Waals surface area contributed by atoms with Crippen LogP contribution in [0.4, 0.5) is 5.69 Å². The van der Waals surface area contributed by atoms with Crippen LogP contribution in [0.5, 0.6) is 0 Å². The molecule has 5 heteroatoms. The lowest BCUT2D eigenvalue weighted by atomic mass is 10.1. The highest BCUT2D eigenvalue weighted by Crippen LogP contribution is 2.27. The molecule has 0 saturated heterocycles. The van der Waals surface area contributed by atoms with E-state index in [0.717, 1.165) is 4.90 Å². The van der Waals surface area contributed by atoms with Gasteiger partial charge in [0.1, 0.15) is 0 Å². The smallest absolute Gasteiger partial charge is 0.230 e. The molecule has 0 aromatic heterocycles. The lowest BCUT2D eigenvalue weighted by molar-refractivity contribution is -0.119. The number of nitrogen functional groups attached to an aromatic ring is 1. The van der Waals surface area contributed by atoms with Gasteiger partial charge >= 0.3 is 0 Å². The van der Waals surface area contributed by atoms with Crippen molar-refractivity contribution < 1.29 is 4.79 Å². The summed E-state index contributed by atoms with van der Waals surface area (Å²) in [7, 11) is 0. The average molecular weight is 287 g/mol. The first kappa shape index (κ1) is 15.2. The number of halogens is 1. The van der Waals surface area contributed by atoms with Gasteiger partial charge in [0, 0.05) is 21.6 Å². The number of carbonyl (C=O) groups is 1. The molecule has 1 unspecified atom stereocenters. The van der Waals surface area contributed by atoms with Gasteiger partial charge in [-0.15, -0.1) is 11.8 Å². The van der Waals surface area contributed by atoms with Gasteiger partial charge in [-0.2, -0.15) is 0 Å². The Kier molecular flexibility index (Phi) is 5.82. The molecule has 18 heavy (non-hydrogen) atoms. The van der Waals surface area contributed by atoms with Gasteiger partial charge in [0.05, 0.1) is 5.75 Å². The Hall–Kier alpha value is -0.870. The van der Waals surface area contributed by atoms with E-state index in [4.69, 9.17) is 17.3 Å². The number of carbonyl (C=O) groups excluding carboxylic acids is 1. The van der Waals surface area contributed by atoms with Gasteiger partial charge in [-0.3, -0.25) is 4.79 Å². The van der Waals surface area contributed by atoms with Crippen molar-refractivity contribution in [3.63, 3.8) is 0 Å². The lowest BCUT2D eigenvalue weighted by Crippen LogP contribution is -2.37. The molecule has 0 radical (unpaired) electrons. The Morgan fingerprint density at radius 3 is 2.72 bits per heavy atom. The number of nitrogens with one attached hydrogen (secondary N) is 1. The zero-order chi connectivity index (χ0) is 13.7. The van der Waals surface area contributed by atoms with E-state index in [2.05, 4.69) is 19.2 Å². The molecule has 1 aromatic carbocycles. The summed E-state index contributed by atoms with van der Waals surface area (Å²) in [5, 5.41) is 3.58. The minimum absolute atomic E-state index is 0.0144. The van der Waals surface area contributed by atoms with Gasteiger partial charge < -0.3 is 11.1 Å². The first-order valence-electron chi connectivity index (χ1n) is 5.87. The van der Waals surface area contributed by atoms with E-state index >= 15 is 0 Å². The van der Waals surface area contributed by atoms with Crippen LogP contribution >= 0.6 is 23.4 Å². The third kappa shape index (κ3) is 4.78. The lowest BCUT2D eigenvalue weighted by Gasteiger charge is -2.17. The van der Waals surface area contributed by atoms with E-state index in [1.807, 2.05) is 6.92 Å². The molecular formula is C13H19ClN2OS.